The molecular weight excluding hydrogens is 346 g/mol. The average Bonchev–Trinajstić information content (AvgIpc) is 2.62. The Balaban J connectivity index is 2.09. The molecule has 1 atom stereocenters. The molecule has 0 saturated carbocycles. The minimum Gasteiger partial charge on any atom is -0.497 e. The minimum atomic E-state index is -0.787. The monoisotopic (exact) mass is 363 g/mol. The van der Waals surface area contributed by atoms with Gasteiger partial charge in [0.2, 0.25) is 0 Å². The molecule has 132 valence electrons. The Morgan fingerprint density at radius 3 is 2.48 bits per heavy atom. The Morgan fingerprint density at radius 2 is 1.80 bits per heavy atom. The van der Waals surface area contributed by atoms with E-state index in [-0.39, 0.29) is 5.56 Å². The number of hydrogen-bond acceptors (Lipinski definition) is 5. The first-order valence-electron chi connectivity index (χ1n) is 7.44. The van der Waals surface area contributed by atoms with Gasteiger partial charge in [-0.15, -0.1) is 0 Å². The number of benzene rings is 2. The van der Waals surface area contributed by atoms with Gasteiger partial charge in [-0.25, -0.2) is 4.79 Å². The molecule has 0 saturated heterocycles. The third kappa shape index (κ3) is 4.87. The number of hydrogen-bond donors (Lipinski definition) is 1. The van der Waals surface area contributed by atoms with Crippen molar-refractivity contribution < 1.29 is 23.8 Å². The van der Waals surface area contributed by atoms with Gasteiger partial charge in [0, 0.05) is 6.07 Å². The molecule has 7 heteroatoms. The number of carbonyl (C=O) groups excluding carboxylic acids is 2. The molecule has 2 rings (SSSR count). The van der Waals surface area contributed by atoms with Crippen LogP contribution in [-0.2, 0) is 9.53 Å². The molecule has 25 heavy (non-hydrogen) atoms. The minimum absolute atomic E-state index is 0.281. The van der Waals surface area contributed by atoms with Gasteiger partial charge in [0.15, 0.2) is 6.10 Å². The Labute approximate surface area is 150 Å². The molecule has 6 nitrogen and oxygen atoms in total. The van der Waals surface area contributed by atoms with E-state index in [1.165, 1.54) is 25.3 Å². The number of amides is 1. The van der Waals surface area contributed by atoms with Crippen LogP contribution < -0.4 is 14.8 Å². The lowest BCUT2D eigenvalue weighted by Gasteiger charge is -2.16. The molecule has 0 bridgehead atoms. The van der Waals surface area contributed by atoms with E-state index in [1.807, 2.05) is 0 Å². The van der Waals surface area contributed by atoms with Crippen molar-refractivity contribution >= 4 is 29.2 Å². The second-order valence-electron chi connectivity index (χ2n) is 5.11. The van der Waals surface area contributed by atoms with Crippen molar-refractivity contribution in [3.63, 3.8) is 0 Å². The van der Waals surface area contributed by atoms with Crippen LogP contribution in [-0.4, -0.2) is 32.2 Å². The maximum atomic E-state index is 12.3. The Hall–Kier alpha value is -2.73. The summed E-state index contributed by atoms with van der Waals surface area (Å²) in [6.07, 6.45) is -0.787. The molecule has 0 spiro atoms. The first-order valence-corrected chi connectivity index (χ1v) is 7.82. The van der Waals surface area contributed by atoms with Gasteiger partial charge < -0.3 is 19.5 Å². The van der Waals surface area contributed by atoms with Gasteiger partial charge in [-0.05, 0) is 37.3 Å². The SMILES string of the molecule is COC(=O)c1ccc(Cl)c(NC(=O)[C@@H](C)Oc2cccc(OC)c2)c1. The molecule has 2 aromatic rings. The normalized spacial score (nSPS) is 11.4. The van der Waals surface area contributed by atoms with Crippen LogP contribution >= 0.6 is 11.6 Å². The van der Waals surface area contributed by atoms with Crippen LogP contribution in [0.2, 0.25) is 5.02 Å². The summed E-state index contributed by atoms with van der Waals surface area (Å²) in [5.74, 6) is 0.190. The summed E-state index contributed by atoms with van der Waals surface area (Å²) < 4.78 is 15.4. The van der Waals surface area contributed by atoms with Crippen LogP contribution in [0.25, 0.3) is 0 Å². The molecule has 2 aromatic carbocycles. The van der Waals surface area contributed by atoms with Gasteiger partial charge in [-0.2, -0.15) is 0 Å². The first-order chi connectivity index (χ1) is 11.9. The van der Waals surface area contributed by atoms with Crippen molar-refractivity contribution in [3.05, 3.63) is 53.1 Å². The zero-order valence-corrected chi connectivity index (χ0v) is 14.8. The fraction of sp³-hybridized carbons (Fsp3) is 0.222. The van der Waals surface area contributed by atoms with Crippen molar-refractivity contribution in [1.29, 1.82) is 0 Å². The number of methoxy groups -OCH3 is 2. The van der Waals surface area contributed by atoms with Gasteiger partial charge in [0.05, 0.1) is 30.5 Å². The zero-order chi connectivity index (χ0) is 18.4. The van der Waals surface area contributed by atoms with E-state index in [4.69, 9.17) is 21.1 Å². The van der Waals surface area contributed by atoms with Crippen LogP contribution in [0.5, 0.6) is 11.5 Å². The van der Waals surface area contributed by atoms with Gasteiger partial charge in [-0.1, -0.05) is 17.7 Å². The summed E-state index contributed by atoms with van der Waals surface area (Å²) in [4.78, 5) is 23.9. The topological polar surface area (TPSA) is 73.9 Å². The van der Waals surface area contributed by atoms with Gasteiger partial charge >= 0.3 is 5.97 Å². The van der Waals surface area contributed by atoms with Crippen molar-refractivity contribution in [2.75, 3.05) is 19.5 Å². The van der Waals surface area contributed by atoms with Crippen LogP contribution in [0.3, 0.4) is 0 Å². The quantitative estimate of drug-likeness (QED) is 0.794. The maximum absolute atomic E-state index is 12.3. The number of carbonyl (C=O) groups is 2. The summed E-state index contributed by atoms with van der Waals surface area (Å²) in [7, 11) is 2.82. The fourth-order valence-electron chi connectivity index (χ4n) is 2.03. The standard InChI is InChI=1S/C18H18ClNO5/c1-11(25-14-6-4-5-13(10-14)23-2)17(21)20-16-9-12(18(22)24-3)7-8-15(16)19/h4-11H,1-3H3,(H,20,21)/t11-/m1/s1. The highest BCUT2D eigenvalue weighted by Crippen LogP contribution is 2.24. The summed E-state index contributed by atoms with van der Waals surface area (Å²) in [6, 6.07) is 11.4. The van der Waals surface area contributed by atoms with E-state index in [9.17, 15) is 9.59 Å². The Kier molecular flexibility index (Phi) is 6.25. The van der Waals surface area contributed by atoms with Crippen LogP contribution in [0, 0.1) is 0 Å². The maximum Gasteiger partial charge on any atom is 0.337 e. The highest BCUT2D eigenvalue weighted by Gasteiger charge is 2.17. The van der Waals surface area contributed by atoms with Crippen LogP contribution in [0.15, 0.2) is 42.5 Å². The number of ether oxygens (including phenoxy) is 3. The molecule has 0 unspecified atom stereocenters. The van der Waals surface area contributed by atoms with E-state index >= 15 is 0 Å². The zero-order valence-electron chi connectivity index (χ0n) is 14.0. The molecule has 0 aliphatic carbocycles. The predicted octanol–water partition coefficient (Wildman–Crippen LogP) is 3.54. The van der Waals surface area contributed by atoms with Gasteiger partial charge in [0.1, 0.15) is 11.5 Å². The molecule has 0 aliphatic heterocycles. The van der Waals surface area contributed by atoms with Gasteiger partial charge in [-0.3, -0.25) is 4.79 Å². The number of esters is 1. The molecule has 1 amide bonds. The molecule has 1 N–H and O–H groups in total. The first kappa shape index (κ1) is 18.6. The van der Waals surface area contributed by atoms with Crippen molar-refractivity contribution in [2.45, 2.75) is 13.0 Å². The molecule has 0 radical (unpaired) electrons. The van der Waals surface area contributed by atoms with Gasteiger partial charge in [0.25, 0.3) is 5.91 Å². The van der Waals surface area contributed by atoms with Crippen molar-refractivity contribution in [3.8, 4) is 11.5 Å². The predicted molar refractivity (Wildman–Crippen MR) is 94.5 cm³/mol. The highest BCUT2D eigenvalue weighted by molar-refractivity contribution is 6.33. The van der Waals surface area contributed by atoms with E-state index in [1.54, 1.807) is 38.3 Å². The summed E-state index contributed by atoms with van der Waals surface area (Å²) in [5.41, 5.74) is 0.583. The van der Waals surface area contributed by atoms with Crippen molar-refractivity contribution in [1.82, 2.24) is 0 Å². The number of rotatable bonds is 6. The Morgan fingerprint density at radius 1 is 1.08 bits per heavy atom. The largest absolute Gasteiger partial charge is 0.497 e. The highest BCUT2D eigenvalue weighted by atomic mass is 35.5. The van der Waals surface area contributed by atoms with Crippen LogP contribution in [0.1, 0.15) is 17.3 Å². The Bertz CT molecular complexity index is 778. The van der Waals surface area contributed by atoms with Crippen molar-refractivity contribution in [2.24, 2.45) is 0 Å². The van der Waals surface area contributed by atoms with E-state index < -0.39 is 18.0 Å². The molecule has 0 aliphatic rings. The smallest absolute Gasteiger partial charge is 0.337 e. The number of halogens is 1. The molecule has 0 heterocycles. The van der Waals surface area contributed by atoms with E-state index in [0.717, 1.165) is 0 Å². The third-order valence-electron chi connectivity index (χ3n) is 3.37. The molecule has 0 aromatic heterocycles. The molecular formula is C18H18ClNO5. The average molecular weight is 364 g/mol. The summed E-state index contributed by atoms with van der Waals surface area (Å²) >= 11 is 6.07. The molecule has 0 fully saturated rings. The number of anilines is 1. The lowest BCUT2D eigenvalue weighted by molar-refractivity contribution is -0.122. The second kappa shape index (κ2) is 8.39. The summed E-state index contributed by atoms with van der Waals surface area (Å²) in [6.45, 7) is 1.60. The lowest BCUT2D eigenvalue weighted by atomic mass is 10.2. The van der Waals surface area contributed by atoms with E-state index in [0.29, 0.717) is 22.2 Å². The fourth-order valence-corrected chi connectivity index (χ4v) is 2.20. The lowest BCUT2D eigenvalue weighted by Crippen LogP contribution is -2.30. The van der Waals surface area contributed by atoms with Crippen LogP contribution in [0.4, 0.5) is 5.69 Å². The third-order valence-corrected chi connectivity index (χ3v) is 3.70. The number of nitrogens with one attached hydrogen (secondary N) is 1. The van der Waals surface area contributed by atoms with E-state index in [2.05, 4.69) is 10.1 Å². The summed E-state index contributed by atoms with van der Waals surface area (Å²) in [5, 5.41) is 2.94. The second-order valence-corrected chi connectivity index (χ2v) is 5.52.